The summed E-state index contributed by atoms with van der Waals surface area (Å²) in [6, 6.07) is 4.24. The van der Waals surface area contributed by atoms with Gasteiger partial charge in [0.05, 0.1) is 5.69 Å². The van der Waals surface area contributed by atoms with Crippen LogP contribution in [-0.4, -0.2) is 36.6 Å². The molecule has 3 nitrogen and oxygen atoms in total. The standard InChI is InChI=1S/C15H25N3/c1-13-4-5-14(17-10-13)11-16-12-15(2)6-8-18(3)9-7-15/h4-5,10,16H,6-9,11-12H2,1-3H3. The monoisotopic (exact) mass is 247 g/mol. The predicted molar refractivity (Wildman–Crippen MR) is 75.5 cm³/mol. The van der Waals surface area contributed by atoms with Gasteiger partial charge in [0.25, 0.3) is 0 Å². The maximum atomic E-state index is 4.42. The van der Waals surface area contributed by atoms with E-state index in [0.29, 0.717) is 5.41 Å². The molecule has 0 unspecified atom stereocenters. The lowest BCUT2D eigenvalue weighted by atomic mass is 9.80. The van der Waals surface area contributed by atoms with Gasteiger partial charge in [0, 0.05) is 19.3 Å². The van der Waals surface area contributed by atoms with Crippen molar-refractivity contribution in [3.05, 3.63) is 29.6 Å². The van der Waals surface area contributed by atoms with E-state index in [1.54, 1.807) is 0 Å². The molecule has 2 rings (SSSR count). The molecular formula is C15H25N3. The third kappa shape index (κ3) is 3.79. The highest BCUT2D eigenvalue weighted by Crippen LogP contribution is 2.29. The summed E-state index contributed by atoms with van der Waals surface area (Å²) in [7, 11) is 2.21. The highest BCUT2D eigenvalue weighted by Gasteiger charge is 2.28. The van der Waals surface area contributed by atoms with Crippen LogP contribution in [0.4, 0.5) is 0 Å². The molecule has 1 fully saturated rings. The fourth-order valence-corrected chi connectivity index (χ4v) is 2.43. The first-order valence-corrected chi connectivity index (χ1v) is 6.88. The Bertz CT molecular complexity index is 364. The van der Waals surface area contributed by atoms with Crippen molar-refractivity contribution in [1.82, 2.24) is 15.2 Å². The molecule has 1 aliphatic rings. The SMILES string of the molecule is Cc1ccc(CNCC2(C)CCN(C)CC2)nc1. The van der Waals surface area contributed by atoms with Crippen molar-refractivity contribution in [1.29, 1.82) is 0 Å². The number of likely N-dealkylation sites (tertiary alicyclic amines) is 1. The normalized spacial score (nSPS) is 19.9. The summed E-state index contributed by atoms with van der Waals surface area (Å²) in [5.41, 5.74) is 2.81. The first kappa shape index (κ1) is 13.5. The maximum absolute atomic E-state index is 4.42. The highest BCUT2D eigenvalue weighted by molar-refractivity contribution is 5.11. The number of hydrogen-bond acceptors (Lipinski definition) is 3. The van der Waals surface area contributed by atoms with Gasteiger partial charge < -0.3 is 10.2 Å². The molecule has 18 heavy (non-hydrogen) atoms. The first-order valence-electron chi connectivity index (χ1n) is 6.88. The van der Waals surface area contributed by atoms with Crippen molar-refractivity contribution in [2.75, 3.05) is 26.7 Å². The smallest absolute Gasteiger partial charge is 0.0541 e. The van der Waals surface area contributed by atoms with E-state index in [1.165, 1.54) is 31.5 Å². The van der Waals surface area contributed by atoms with Gasteiger partial charge in [0.15, 0.2) is 0 Å². The Kier molecular flexibility index (Phi) is 4.36. The van der Waals surface area contributed by atoms with Crippen molar-refractivity contribution in [2.24, 2.45) is 5.41 Å². The van der Waals surface area contributed by atoms with Gasteiger partial charge in [-0.25, -0.2) is 0 Å². The molecule has 0 radical (unpaired) electrons. The van der Waals surface area contributed by atoms with Gasteiger partial charge in [-0.1, -0.05) is 13.0 Å². The molecule has 1 aliphatic heterocycles. The minimum atomic E-state index is 0.456. The minimum absolute atomic E-state index is 0.456. The summed E-state index contributed by atoms with van der Waals surface area (Å²) in [6.07, 6.45) is 4.52. The van der Waals surface area contributed by atoms with Gasteiger partial charge in [-0.2, -0.15) is 0 Å². The number of pyridine rings is 1. The second-order valence-corrected chi connectivity index (χ2v) is 6.04. The van der Waals surface area contributed by atoms with Gasteiger partial charge in [0.1, 0.15) is 0 Å². The Morgan fingerprint density at radius 1 is 1.33 bits per heavy atom. The molecule has 3 heteroatoms. The molecule has 0 aromatic carbocycles. The van der Waals surface area contributed by atoms with Gasteiger partial charge in [-0.3, -0.25) is 4.98 Å². The van der Waals surface area contributed by atoms with E-state index in [2.05, 4.69) is 48.2 Å². The summed E-state index contributed by atoms with van der Waals surface area (Å²) < 4.78 is 0. The van der Waals surface area contributed by atoms with Crippen LogP contribution in [0.25, 0.3) is 0 Å². The summed E-state index contributed by atoms with van der Waals surface area (Å²) in [6.45, 7) is 8.89. The molecule has 1 N–H and O–H groups in total. The van der Waals surface area contributed by atoms with Crippen LogP contribution in [0.2, 0.25) is 0 Å². The van der Waals surface area contributed by atoms with Gasteiger partial charge in [-0.15, -0.1) is 0 Å². The number of piperidine rings is 1. The molecule has 0 aliphatic carbocycles. The summed E-state index contributed by atoms with van der Waals surface area (Å²) in [5, 5.41) is 3.57. The zero-order valence-electron chi connectivity index (χ0n) is 11.9. The molecule has 0 bridgehead atoms. The van der Waals surface area contributed by atoms with E-state index in [0.717, 1.165) is 18.8 Å². The highest BCUT2D eigenvalue weighted by atomic mass is 15.1. The summed E-state index contributed by atoms with van der Waals surface area (Å²) in [5.74, 6) is 0. The average Bonchev–Trinajstić information content (AvgIpc) is 2.36. The Balaban J connectivity index is 1.76. The van der Waals surface area contributed by atoms with Crippen molar-refractivity contribution in [2.45, 2.75) is 33.2 Å². The second kappa shape index (κ2) is 5.81. The molecule has 0 amide bonds. The van der Waals surface area contributed by atoms with Crippen LogP contribution >= 0.6 is 0 Å². The molecule has 100 valence electrons. The van der Waals surface area contributed by atoms with E-state index in [1.807, 2.05) is 6.20 Å². The molecule has 0 spiro atoms. The molecule has 0 atom stereocenters. The van der Waals surface area contributed by atoms with E-state index in [-0.39, 0.29) is 0 Å². The zero-order valence-corrected chi connectivity index (χ0v) is 11.9. The van der Waals surface area contributed by atoms with E-state index in [9.17, 15) is 0 Å². The topological polar surface area (TPSA) is 28.2 Å². The average molecular weight is 247 g/mol. The molecule has 0 saturated carbocycles. The fraction of sp³-hybridized carbons (Fsp3) is 0.667. The van der Waals surface area contributed by atoms with Crippen LogP contribution < -0.4 is 5.32 Å². The quantitative estimate of drug-likeness (QED) is 0.884. The van der Waals surface area contributed by atoms with Crippen LogP contribution in [0.15, 0.2) is 18.3 Å². The zero-order chi connectivity index (χ0) is 13.0. The van der Waals surface area contributed by atoms with Crippen molar-refractivity contribution in [3.8, 4) is 0 Å². The van der Waals surface area contributed by atoms with Gasteiger partial charge >= 0.3 is 0 Å². The number of rotatable bonds is 4. The lowest BCUT2D eigenvalue weighted by Gasteiger charge is -2.38. The Hall–Kier alpha value is -0.930. The fourth-order valence-electron chi connectivity index (χ4n) is 2.43. The molecule has 1 saturated heterocycles. The summed E-state index contributed by atoms with van der Waals surface area (Å²) in [4.78, 5) is 6.84. The van der Waals surface area contributed by atoms with Crippen LogP contribution in [0, 0.1) is 12.3 Å². The number of hydrogen-bond donors (Lipinski definition) is 1. The summed E-state index contributed by atoms with van der Waals surface area (Å²) >= 11 is 0. The molecular weight excluding hydrogens is 222 g/mol. The van der Waals surface area contributed by atoms with E-state index < -0.39 is 0 Å². The number of nitrogens with one attached hydrogen (secondary N) is 1. The van der Waals surface area contributed by atoms with E-state index in [4.69, 9.17) is 0 Å². The molecule has 2 heterocycles. The largest absolute Gasteiger partial charge is 0.311 e. The van der Waals surface area contributed by atoms with Crippen molar-refractivity contribution < 1.29 is 0 Å². The van der Waals surface area contributed by atoms with Crippen molar-refractivity contribution >= 4 is 0 Å². The Morgan fingerprint density at radius 2 is 2.06 bits per heavy atom. The van der Waals surface area contributed by atoms with Gasteiger partial charge in [0.2, 0.25) is 0 Å². The number of aromatic nitrogens is 1. The minimum Gasteiger partial charge on any atom is -0.311 e. The number of nitrogens with zero attached hydrogens (tertiary/aromatic N) is 2. The Labute approximate surface area is 111 Å². The molecule has 1 aromatic heterocycles. The lowest BCUT2D eigenvalue weighted by molar-refractivity contribution is 0.136. The predicted octanol–water partition coefficient (Wildman–Crippen LogP) is 2.21. The number of aryl methyl sites for hydroxylation is 1. The van der Waals surface area contributed by atoms with Crippen LogP contribution in [-0.2, 0) is 6.54 Å². The second-order valence-electron chi connectivity index (χ2n) is 6.04. The molecule has 1 aromatic rings. The van der Waals surface area contributed by atoms with E-state index >= 15 is 0 Å². The Morgan fingerprint density at radius 3 is 2.67 bits per heavy atom. The van der Waals surface area contributed by atoms with Crippen LogP contribution in [0.5, 0.6) is 0 Å². The lowest BCUT2D eigenvalue weighted by Crippen LogP contribution is -2.41. The third-order valence-corrected chi connectivity index (χ3v) is 4.02. The van der Waals surface area contributed by atoms with Gasteiger partial charge in [-0.05, 0) is 56.9 Å². The van der Waals surface area contributed by atoms with Crippen molar-refractivity contribution in [3.63, 3.8) is 0 Å². The van der Waals surface area contributed by atoms with Crippen LogP contribution in [0.1, 0.15) is 31.0 Å². The van der Waals surface area contributed by atoms with Crippen LogP contribution in [0.3, 0.4) is 0 Å². The third-order valence-electron chi connectivity index (χ3n) is 4.02. The maximum Gasteiger partial charge on any atom is 0.0541 e. The first-order chi connectivity index (χ1) is 8.57.